The lowest BCUT2D eigenvalue weighted by Gasteiger charge is -2.09. The summed E-state index contributed by atoms with van der Waals surface area (Å²) in [7, 11) is 0. The molecule has 1 N–H and O–H groups in total. The molecule has 0 saturated carbocycles. The van der Waals surface area contributed by atoms with Crippen molar-refractivity contribution in [3.8, 4) is 17.6 Å². The van der Waals surface area contributed by atoms with Crippen LogP contribution in [-0.2, 0) is 13.2 Å². The van der Waals surface area contributed by atoms with Crippen LogP contribution < -0.4 is 4.74 Å². The highest BCUT2D eigenvalue weighted by molar-refractivity contribution is 5.46. The third-order valence-corrected chi connectivity index (χ3v) is 2.73. The van der Waals surface area contributed by atoms with E-state index in [9.17, 15) is 4.39 Å². The molecule has 0 amide bonds. The van der Waals surface area contributed by atoms with Gasteiger partial charge in [0, 0.05) is 6.54 Å². The summed E-state index contributed by atoms with van der Waals surface area (Å²) in [5.74, 6) is 5.89. The molecule has 0 saturated heterocycles. The first-order valence-electron chi connectivity index (χ1n) is 6.63. The van der Waals surface area contributed by atoms with Gasteiger partial charge in [0.15, 0.2) is 5.82 Å². The van der Waals surface area contributed by atoms with E-state index in [0.717, 1.165) is 13.0 Å². The zero-order chi connectivity index (χ0) is 15.1. The lowest BCUT2D eigenvalue weighted by Crippen LogP contribution is -2.09. The number of aromatic nitrogens is 3. The zero-order valence-corrected chi connectivity index (χ0v) is 11.7. The first-order valence-corrected chi connectivity index (χ1v) is 6.63. The van der Waals surface area contributed by atoms with Crippen LogP contribution in [-0.4, -0.2) is 26.5 Å². The van der Waals surface area contributed by atoms with E-state index in [0.29, 0.717) is 17.1 Å². The summed E-state index contributed by atoms with van der Waals surface area (Å²) in [4.78, 5) is 4.14. The molecule has 0 unspecified atom stereocenters. The van der Waals surface area contributed by atoms with Crippen molar-refractivity contribution in [1.29, 1.82) is 0 Å². The van der Waals surface area contributed by atoms with Crippen LogP contribution in [0.15, 0.2) is 24.5 Å². The number of aryl methyl sites for hydroxylation is 1. The largest absolute Gasteiger partial charge is 0.484 e. The van der Waals surface area contributed by atoms with E-state index in [1.807, 2.05) is 0 Å². The highest BCUT2D eigenvalue weighted by Gasteiger charge is 2.07. The molecule has 2 rings (SSSR count). The van der Waals surface area contributed by atoms with Crippen molar-refractivity contribution < 1.29 is 14.2 Å². The van der Waals surface area contributed by atoms with Crippen molar-refractivity contribution in [1.82, 2.24) is 14.8 Å². The third-order valence-electron chi connectivity index (χ3n) is 2.73. The lowest BCUT2D eigenvalue weighted by molar-refractivity contribution is 0.285. The third kappa shape index (κ3) is 4.04. The first kappa shape index (κ1) is 15.0. The number of hydrogen-bond acceptors (Lipinski definition) is 4. The van der Waals surface area contributed by atoms with Crippen LogP contribution in [0.1, 0.15) is 24.7 Å². The maximum absolute atomic E-state index is 13.2. The molecule has 0 aliphatic rings. The second-order valence-corrected chi connectivity index (χ2v) is 4.29. The fourth-order valence-corrected chi connectivity index (χ4v) is 1.80. The SMILES string of the molecule is CCCn1ncnc1COc1ccc(F)cc1C#CCO. The van der Waals surface area contributed by atoms with Gasteiger partial charge in [-0.2, -0.15) is 5.10 Å². The monoisotopic (exact) mass is 289 g/mol. The highest BCUT2D eigenvalue weighted by atomic mass is 19.1. The van der Waals surface area contributed by atoms with E-state index in [-0.39, 0.29) is 13.2 Å². The Morgan fingerprint density at radius 2 is 2.29 bits per heavy atom. The molecular formula is C15H16FN3O2. The number of ether oxygens (including phenoxy) is 1. The maximum atomic E-state index is 13.2. The Bertz CT molecular complexity index is 658. The average Bonchev–Trinajstić information content (AvgIpc) is 2.92. The maximum Gasteiger partial charge on any atom is 0.164 e. The topological polar surface area (TPSA) is 60.2 Å². The first-order chi connectivity index (χ1) is 10.2. The molecule has 21 heavy (non-hydrogen) atoms. The second kappa shape index (κ2) is 7.41. The molecule has 110 valence electrons. The molecule has 0 spiro atoms. The van der Waals surface area contributed by atoms with Crippen LogP contribution in [0.5, 0.6) is 5.75 Å². The Labute approximate surface area is 122 Å². The molecule has 0 radical (unpaired) electrons. The fraction of sp³-hybridized carbons (Fsp3) is 0.333. The van der Waals surface area contributed by atoms with Crippen LogP contribution in [0, 0.1) is 17.7 Å². The van der Waals surface area contributed by atoms with E-state index < -0.39 is 5.82 Å². The lowest BCUT2D eigenvalue weighted by atomic mass is 10.2. The Balaban J connectivity index is 2.14. The summed E-state index contributed by atoms with van der Waals surface area (Å²) in [5, 5.41) is 12.8. The molecule has 0 aliphatic carbocycles. The Morgan fingerprint density at radius 1 is 1.43 bits per heavy atom. The number of hydrogen-bond donors (Lipinski definition) is 1. The van der Waals surface area contributed by atoms with Crippen molar-refractivity contribution in [2.75, 3.05) is 6.61 Å². The summed E-state index contributed by atoms with van der Waals surface area (Å²) in [5.41, 5.74) is 0.394. The Morgan fingerprint density at radius 3 is 3.05 bits per heavy atom. The van der Waals surface area contributed by atoms with Crippen LogP contribution >= 0.6 is 0 Å². The van der Waals surface area contributed by atoms with E-state index in [2.05, 4.69) is 28.8 Å². The van der Waals surface area contributed by atoms with Crippen molar-refractivity contribution >= 4 is 0 Å². The molecule has 0 aliphatic heterocycles. The van der Waals surface area contributed by atoms with Gasteiger partial charge in [0.05, 0.1) is 5.56 Å². The summed E-state index contributed by atoms with van der Waals surface area (Å²) in [6, 6.07) is 4.09. The van der Waals surface area contributed by atoms with Gasteiger partial charge in [-0.05, 0) is 24.6 Å². The van der Waals surface area contributed by atoms with Gasteiger partial charge in [0.1, 0.15) is 31.1 Å². The van der Waals surface area contributed by atoms with Crippen LogP contribution in [0.2, 0.25) is 0 Å². The minimum atomic E-state index is -0.404. The van der Waals surface area contributed by atoms with Gasteiger partial charge in [-0.1, -0.05) is 18.8 Å². The highest BCUT2D eigenvalue weighted by Crippen LogP contribution is 2.19. The molecule has 2 aromatic rings. The van der Waals surface area contributed by atoms with Gasteiger partial charge in [-0.15, -0.1) is 0 Å². The van der Waals surface area contributed by atoms with Crippen molar-refractivity contribution in [3.63, 3.8) is 0 Å². The van der Waals surface area contributed by atoms with Crippen molar-refractivity contribution in [2.24, 2.45) is 0 Å². The zero-order valence-electron chi connectivity index (χ0n) is 11.7. The van der Waals surface area contributed by atoms with Gasteiger partial charge in [-0.25, -0.2) is 14.1 Å². The van der Waals surface area contributed by atoms with Gasteiger partial charge in [0.25, 0.3) is 0 Å². The average molecular weight is 289 g/mol. The van der Waals surface area contributed by atoms with Crippen LogP contribution in [0.3, 0.4) is 0 Å². The predicted molar refractivity (Wildman–Crippen MR) is 75.0 cm³/mol. The predicted octanol–water partition coefficient (Wildman–Crippen LogP) is 1.75. The van der Waals surface area contributed by atoms with E-state index >= 15 is 0 Å². The van der Waals surface area contributed by atoms with Gasteiger partial charge in [0.2, 0.25) is 0 Å². The van der Waals surface area contributed by atoms with Crippen molar-refractivity contribution in [3.05, 3.63) is 41.7 Å². The quantitative estimate of drug-likeness (QED) is 0.852. The number of nitrogens with zero attached hydrogens (tertiary/aromatic N) is 3. The molecule has 0 fully saturated rings. The molecule has 6 heteroatoms. The van der Waals surface area contributed by atoms with Gasteiger partial charge >= 0.3 is 0 Å². The molecule has 1 aromatic carbocycles. The minimum Gasteiger partial charge on any atom is -0.484 e. The van der Waals surface area contributed by atoms with Crippen LogP contribution in [0.4, 0.5) is 4.39 Å². The molecule has 1 aromatic heterocycles. The molecular weight excluding hydrogens is 273 g/mol. The number of aliphatic hydroxyl groups excluding tert-OH is 1. The summed E-state index contributed by atoms with van der Waals surface area (Å²) >= 11 is 0. The van der Waals surface area contributed by atoms with E-state index in [1.54, 1.807) is 4.68 Å². The number of rotatable bonds is 5. The van der Waals surface area contributed by atoms with Crippen LogP contribution in [0.25, 0.3) is 0 Å². The van der Waals surface area contributed by atoms with Crippen molar-refractivity contribution in [2.45, 2.75) is 26.5 Å². The summed E-state index contributed by atoms with van der Waals surface area (Å²) in [6.07, 6.45) is 2.42. The van der Waals surface area contributed by atoms with Gasteiger partial charge in [-0.3, -0.25) is 0 Å². The smallest absolute Gasteiger partial charge is 0.164 e. The summed E-state index contributed by atoms with van der Waals surface area (Å²) in [6.45, 7) is 2.74. The Kier molecular flexibility index (Phi) is 5.29. The number of benzene rings is 1. The Hall–Kier alpha value is -2.39. The fourth-order valence-electron chi connectivity index (χ4n) is 1.80. The summed E-state index contributed by atoms with van der Waals surface area (Å²) < 4.78 is 20.7. The number of aliphatic hydroxyl groups is 1. The minimum absolute atomic E-state index is 0.222. The normalized spacial score (nSPS) is 10.0. The van der Waals surface area contributed by atoms with Gasteiger partial charge < -0.3 is 9.84 Å². The molecule has 5 nitrogen and oxygen atoms in total. The molecule has 0 atom stereocenters. The standard InChI is InChI=1S/C15H16FN3O2/c1-2-7-19-15(17-11-18-19)10-21-14-6-5-13(16)9-12(14)4-3-8-20/h5-6,9,11,20H,2,7-8,10H2,1H3. The van der Waals surface area contributed by atoms with E-state index in [4.69, 9.17) is 9.84 Å². The second-order valence-electron chi connectivity index (χ2n) is 4.29. The van der Waals surface area contributed by atoms with E-state index in [1.165, 1.54) is 24.5 Å². The number of halogens is 1. The molecule has 1 heterocycles. The molecule has 0 bridgehead atoms.